The van der Waals surface area contributed by atoms with Gasteiger partial charge in [-0.25, -0.2) is 8.42 Å². The Hall–Kier alpha value is -3.37. The van der Waals surface area contributed by atoms with E-state index in [0.29, 0.717) is 38.7 Å². The van der Waals surface area contributed by atoms with Crippen molar-refractivity contribution in [2.45, 2.75) is 44.2 Å². The Morgan fingerprint density at radius 2 is 1.58 bits per heavy atom. The van der Waals surface area contributed by atoms with Crippen LogP contribution < -0.4 is 9.62 Å². The lowest BCUT2D eigenvalue weighted by atomic mass is 10.0. The van der Waals surface area contributed by atoms with Gasteiger partial charge in [0.2, 0.25) is 11.8 Å². The molecule has 0 aliphatic heterocycles. The fourth-order valence-electron chi connectivity index (χ4n) is 4.75. The van der Waals surface area contributed by atoms with Crippen LogP contribution in [-0.4, -0.2) is 44.3 Å². The molecule has 0 fully saturated rings. The van der Waals surface area contributed by atoms with Gasteiger partial charge in [0.1, 0.15) is 12.6 Å². The largest absolute Gasteiger partial charge is 0.354 e. The van der Waals surface area contributed by atoms with E-state index in [9.17, 15) is 18.0 Å². The first-order valence-electron chi connectivity index (χ1n) is 14.4. The predicted octanol–water partition coefficient (Wildman–Crippen LogP) is 7.43. The second-order valence-corrected chi connectivity index (χ2v) is 14.2. The van der Waals surface area contributed by atoms with Crippen molar-refractivity contribution in [3.05, 3.63) is 128 Å². The number of benzene rings is 4. The Morgan fingerprint density at radius 3 is 2.22 bits per heavy atom. The minimum atomic E-state index is -4.19. The third-order valence-corrected chi connectivity index (χ3v) is 10.2. The summed E-state index contributed by atoms with van der Waals surface area (Å²) in [4.78, 5) is 29.7. The molecule has 0 saturated carbocycles. The molecule has 0 spiro atoms. The van der Waals surface area contributed by atoms with Gasteiger partial charge in [-0.05, 0) is 66.9 Å². The molecule has 11 heteroatoms. The number of hydrogen-bond donors (Lipinski definition) is 1. The molecule has 1 N–H and O–H groups in total. The molecule has 0 heterocycles. The van der Waals surface area contributed by atoms with Crippen molar-refractivity contribution in [3.8, 4) is 0 Å². The van der Waals surface area contributed by atoms with Gasteiger partial charge in [-0.2, -0.15) is 0 Å². The number of sulfonamides is 1. The number of nitrogens with zero attached hydrogens (tertiary/aromatic N) is 2. The van der Waals surface area contributed by atoms with Crippen LogP contribution in [0.5, 0.6) is 0 Å². The lowest BCUT2D eigenvalue weighted by Crippen LogP contribution is -2.53. The number of carbonyl (C=O) groups excluding carboxylic acids is 2. The zero-order valence-electron chi connectivity index (χ0n) is 24.9. The first-order chi connectivity index (χ1) is 21.5. The molecule has 0 saturated heterocycles. The highest BCUT2D eigenvalue weighted by Gasteiger charge is 2.34. The van der Waals surface area contributed by atoms with Crippen LogP contribution in [-0.2, 0) is 32.6 Å². The molecule has 4 aromatic carbocycles. The van der Waals surface area contributed by atoms with Crippen molar-refractivity contribution in [3.63, 3.8) is 0 Å². The Labute approximate surface area is 283 Å². The summed E-state index contributed by atoms with van der Waals surface area (Å²) in [5, 5.41) is 3.58. The predicted molar refractivity (Wildman–Crippen MR) is 184 cm³/mol. The summed E-state index contributed by atoms with van der Waals surface area (Å²) in [7, 11) is -4.19. The summed E-state index contributed by atoms with van der Waals surface area (Å²) in [5.41, 5.74) is 2.67. The normalized spacial score (nSPS) is 11.9. The average molecular weight is 732 g/mol. The minimum absolute atomic E-state index is 0.0102. The van der Waals surface area contributed by atoms with Gasteiger partial charge in [-0.3, -0.25) is 13.9 Å². The summed E-state index contributed by atoms with van der Waals surface area (Å²) in [6.07, 6.45) is 0.918. The molecule has 0 aliphatic carbocycles. The number of halogens is 3. The van der Waals surface area contributed by atoms with E-state index >= 15 is 0 Å². The van der Waals surface area contributed by atoms with Crippen LogP contribution in [0.25, 0.3) is 0 Å². The topological polar surface area (TPSA) is 86.8 Å². The lowest BCUT2D eigenvalue weighted by molar-refractivity contribution is -0.140. The van der Waals surface area contributed by atoms with E-state index in [1.165, 1.54) is 17.0 Å². The summed E-state index contributed by atoms with van der Waals surface area (Å²) < 4.78 is 30.0. The summed E-state index contributed by atoms with van der Waals surface area (Å²) in [6, 6.07) is 26.6. The van der Waals surface area contributed by atoms with Gasteiger partial charge in [-0.15, -0.1) is 0 Å². The Bertz CT molecular complexity index is 1740. The van der Waals surface area contributed by atoms with Gasteiger partial charge < -0.3 is 10.2 Å². The van der Waals surface area contributed by atoms with Crippen molar-refractivity contribution in [1.29, 1.82) is 0 Å². The highest BCUT2D eigenvalue weighted by Crippen LogP contribution is 2.28. The van der Waals surface area contributed by atoms with Crippen molar-refractivity contribution in [2.75, 3.05) is 17.4 Å². The zero-order chi connectivity index (χ0) is 32.6. The van der Waals surface area contributed by atoms with E-state index in [4.69, 9.17) is 23.2 Å². The number of rotatable bonds is 13. The first kappa shape index (κ1) is 34.5. The van der Waals surface area contributed by atoms with Crippen LogP contribution in [0.15, 0.2) is 106 Å². The number of hydrogen-bond acceptors (Lipinski definition) is 4. The molecular formula is C34H34BrCl2N3O4S. The summed E-state index contributed by atoms with van der Waals surface area (Å²) >= 11 is 15.9. The highest BCUT2D eigenvalue weighted by molar-refractivity contribution is 9.10. The smallest absolute Gasteiger partial charge is 0.264 e. The Morgan fingerprint density at radius 1 is 0.867 bits per heavy atom. The molecule has 0 aliphatic rings. The van der Waals surface area contributed by atoms with E-state index in [1.54, 1.807) is 54.6 Å². The van der Waals surface area contributed by atoms with Crippen LogP contribution in [0.3, 0.4) is 0 Å². The molecule has 0 radical (unpaired) electrons. The molecule has 0 bridgehead atoms. The number of aryl methyl sites for hydroxylation is 1. The highest BCUT2D eigenvalue weighted by atomic mass is 79.9. The molecule has 4 aromatic rings. The molecule has 4 rings (SSSR count). The Kier molecular flexibility index (Phi) is 12.1. The van der Waals surface area contributed by atoms with E-state index < -0.39 is 28.5 Å². The van der Waals surface area contributed by atoms with Crippen LogP contribution in [0.4, 0.5) is 5.69 Å². The van der Waals surface area contributed by atoms with Crippen LogP contribution in [0.2, 0.25) is 10.0 Å². The fraction of sp³-hybridized carbons (Fsp3) is 0.235. The van der Waals surface area contributed by atoms with Crippen molar-refractivity contribution in [2.24, 2.45) is 0 Å². The van der Waals surface area contributed by atoms with Gasteiger partial charge in [0.15, 0.2) is 0 Å². The van der Waals surface area contributed by atoms with Crippen LogP contribution in [0.1, 0.15) is 30.0 Å². The van der Waals surface area contributed by atoms with E-state index in [1.807, 2.05) is 44.2 Å². The lowest BCUT2D eigenvalue weighted by Gasteiger charge is -2.34. The summed E-state index contributed by atoms with van der Waals surface area (Å²) in [6.45, 7) is 3.66. The quantitative estimate of drug-likeness (QED) is 0.155. The number of carbonyl (C=O) groups is 2. The molecule has 2 amide bonds. The number of nitrogens with one attached hydrogen (secondary N) is 1. The monoisotopic (exact) mass is 729 g/mol. The molecular weight excluding hydrogens is 697 g/mol. The second kappa shape index (κ2) is 15.8. The van der Waals surface area contributed by atoms with Crippen molar-refractivity contribution in [1.82, 2.24) is 10.2 Å². The molecule has 7 nitrogen and oxygen atoms in total. The number of amides is 2. The third-order valence-electron chi connectivity index (χ3n) is 7.14. The maximum Gasteiger partial charge on any atom is 0.264 e. The molecule has 0 aromatic heterocycles. The SMILES string of the molecule is CCCNC(=O)[C@H](Cc1ccccc1)N(Cc1ccc(Cl)c(Cl)c1)C(=O)CN(c1cccc(Br)c1)S(=O)(=O)c1ccc(C)cc1. The van der Waals surface area contributed by atoms with Crippen molar-refractivity contribution >= 4 is 66.7 Å². The molecule has 0 unspecified atom stereocenters. The van der Waals surface area contributed by atoms with Crippen molar-refractivity contribution < 1.29 is 18.0 Å². The molecule has 45 heavy (non-hydrogen) atoms. The van der Waals surface area contributed by atoms with E-state index in [-0.39, 0.29) is 23.8 Å². The minimum Gasteiger partial charge on any atom is -0.354 e. The fourth-order valence-corrected chi connectivity index (χ4v) is 6.87. The van der Waals surface area contributed by atoms with Gasteiger partial charge in [0.25, 0.3) is 10.0 Å². The summed E-state index contributed by atoms with van der Waals surface area (Å²) in [5.74, 6) is -0.908. The van der Waals surface area contributed by atoms with E-state index in [2.05, 4.69) is 21.2 Å². The van der Waals surface area contributed by atoms with E-state index in [0.717, 1.165) is 15.4 Å². The first-order valence-corrected chi connectivity index (χ1v) is 17.4. The standard InChI is InChI=1S/C34H34BrCl2N3O4S/c1-3-18-38-34(42)32(20-25-8-5-4-6-9-25)39(22-26-14-17-30(36)31(37)19-26)33(41)23-40(28-11-7-10-27(35)21-28)45(43,44)29-15-12-24(2)13-16-29/h4-17,19,21,32H,3,18,20,22-23H2,1-2H3,(H,38,42)/t32-/m0/s1. The molecule has 236 valence electrons. The average Bonchev–Trinajstić information content (AvgIpc) is 3.02. The molecule has 1 atom stereocenters. The Balaban J connectivity index is 1.81. The van der Waals surface area contributed by atoms with Gasteiger partial charge in [0, 0.05) is 24.0 Å². The zero-order valence-corrected chi connectivity index (χ0v) is 28.8. The third kappa shape index (κ3) is 9.10. The van der Waals surface area contributed by atoms with Crippen LogP contribution >= 0.6 is 39.1 Å². The maximum absolute atomic E-state index is 14.5. The van der Waals surface area contributed by atoms with Crippen LogP contribution in [0, 0.1) is 6.92 Å². The van der Waals surface area contributed by atoms with Gasteiger partial charge in [0.05, 0.1) is 20.6 Å². The second-order valence-electron chi connectivity index (χ2n) is 10.6. The number of anilines is 1. The van der Waals surface area contributed by atoms with Gasteiger partial charge in [-0.1, -0.05) is 106 Å². The maximum atomic E-state index is 14.5. The van der Waals surface area contributed by atoms with Gasteiger partial charge >= 0.3 is 0 Å².